The van der Waals surface area contributed by atoms with Crippen molar-refractivity contribution in [3.8, 4) is 23.6 Å². The fourth-order valence-corrected chi connectivity index (χ4v) is 2.83. The number of aromatic hydroxyl groups is 1. The Morgan fingerprint density at radius 2 is 1.77 bits per heavy atom. The van der Waals surface area contributed by atoms with Gasteiger partial charge in [0.2, 0.25) is 5.78 Å². The first-order chi connectivity index (χ1) is 12.6. The third kappa shape index (κ3) is 3.41. The highest BCUT2D eigenvalue weighted by molar-refractivity contribution is 6.14. The summed E-state index contributed by atoms with van der Waals surface area (Å²) in [5, 5.41) is 28.1. The van der Waals surface area contributed by atoms with Crippen LogP contribution in [0.25, 0.3) is 6.08 Å². The summed E-state index contributed by atoms with van der Waals surface area (Å²) in [4.78, 5) is 13.3. The molecule has 1 aliphatic rings. The van der Waals surface area contributed by atoms with Gasteiger partial charge in [0.1, 0.15) is 24.4 Å². The highest BCUT2D eigenvalue weighted by Gasteiger charge is 2.32. The van der Waals surface area contributed by atoms with Gasteiger partial charge in [0.25, 0.3) is 0 Å². The van der Waals surface area contributed by atoms with E-state index in [9.17, 15) is 9.90 Å². The monoisotopic (exact) mass is 346 g/mol. The predicted molar refractivity (Wildman–Crippen MR) is 93.1 cm³/mol. The number of allylic oxidation sites excluding steroid dienone is 1. The minimum absolute atomic E-state index is 0.0223. The van der Waals surface area contributed by atoms with Gasteiger partial charge in [-0.05, 0) is 23.8 Å². The molecule has 2 aromatic rings. The predicted octanol–water partition coefficient (Wildman–Crippen LogP) is 1.44. The van der Waals surface area contributed by atoms with Crippen LogP contribution in [0.15, 0.2) is 48.2 Å². The lowest BCUT2D eigenvalue weighted by atomic mass is 10.0. The van der Waals surface area contributed by atoms with E-state index in [-0.39, 0.29) is 36.9 Å². The second-order valence-electron chi connectivity index (χ2n) is 5.89. The molecule has 0 fully saturated rings. The first-order valence-electron chi connectivity index (χ1n) is 8.05. The molecule has 0 spiro atoms. The molecule has 0 aliphatic carbocycles. The lowest BCUT2D eigenvalue weighted by molar-refractivity contribution is -0.899. The molecular formula is C20H16N3O3+. The van der Waals surface area contributed by atoms with Crippen LogP contribution in [0.1, 0.15) is 21.5 Å². The summed E-state index contributed by atoms with van der Waals surface area (Å²) < 4.78 is 5.76. The zero-order chi connectivity index (χ0) is 18.5. The van der Waals surface area contributed by atoms with Crippen molar-refractivity contribution in [1.82, 2.24) is 0 Å². The van der Waals surface area contributed by atoms with E-state index in [0.29, 0.717) is 21.8 Å². The molecule has 0 saturated heterocycles. The first kappa shape index (κ1) is 17.2. The Labute approximate surface area is 150 Å². The maximum Gasteiger partial charge on any atom is 0.231 e. The number of carbonyl (C=O) groups excluding carboxylic acids is 1. The Balaban J connectivity index is 1.96. The zero-order valence-corrected chi connectivity index (χ0v) is 13.9. The number of rotatable bonds is 5. The maximum atomic E-state index is 12.6. The van der Waals surface area contributed by atoms with Crippen molar-refractivity contribution in [1.29, 1.82) is 10.5 Å². The molecular weight excluding hydrogens is 330 g/mol. The second-order valence-corrected chi connectivity index (χ2v) is 5.89. The van der Waals surface area contributed by atoms with Gasteiger partial charge in [-0.2, -0.15) is 10.5 Å². The van der Waals surface area contributed by atoms with Crippen molar-refractivity contribution in [2.75, 3.05) is 13.1 Å². The molecule has 0 aromatic heterocycles. The van der Waals surface area contributed by atoms with Crippen LogP contribution in [0.3, 0.4) is 0 Å². The van der Waals surface area contributed by atoms with Gasteiger partial charge in [-0.1, -0.05) is 30.3 Å². The summed E-state index contributed by atoms with van der Waals surface area (Å²) in [5.41, 5.74) is 1.62. The number of nitriles is 2. The highest BCUT2D eigenvalue weighted by atomic mass is 16.5. The van der Waals surface area contributed by atoms with E-state index >= 15 is 0 Å². The van der Waals surface area contributed by atoms with E-state index in [1.807, 2.05) is 42.5 Å². The van der Waals surface area contributed by atoms with Crippen molar-refractivity contribution < 1.29 is 19.5 Å². The Hall–Kier alpha value is -3.61. The number of carbonyl (C=O) groups is 1. The van der Waals surface area contributed by atoms with Crippen molar-refractivity contribution in [3.05, 3.63) is 64.9 Å². The fourth-order valence-electron chi connectivity index (χ4n) is 2.83. The number of Topliss-reactive ketones (excluding diaryl/α,β-unsaturated/α-hetero) is 1. The van der Waals surface area contributed by atoms with Crippen LogP contribution < -0.4 is 9.64 Å². The van der Waals surface area contributed by atoms with Gasteiger partial charge in [0.05, 0.1) is 11.1 Å². The number of ether oxygens (including phenoxy) is 1. The Morgan fingerprint density at radius 3 is 2.42 bits per heavy atom. The molecule has 2 aromatic carbocycles. The van der Waals surface area contributed by atoms with Gasteiger partial charge in [0.15, 0.2) is 24.6 Å². The normalized spacial score (nSPS) is 14.0. The minimum atomic E-state index is -0.257. The first-order valence-corrected chi connectivity index (χ1v) is 8.05. The standard InChI is InChI=1S/C20H15N3O3/c21-8-10-23(11-9-22)13-16-17(24)7-6-15-19(25)18(26-20(15)16)12-14-4-2-1-3-5-14/h1-7,12,24H,10-11,13H2/p+1/b18-12-. The molecule has 0 unspecified atom stereocenters. The van der Waals surface area contributed by atoms with Gasteiger partial charge in [-0.3, -0.25) is 4.79 Å². The summed E-state index contributed by atoms with van der Waals surface area (Å²) in [6, 6.07) is 16.3. The summed E-state index contributed by atoms with van der Waals surface area (Å²) in [6.45, 7) is 0.427. The van der Waals surface area contributed by atoms with E-state index in [0.717, 1.165) is 5.56 Å². The zero-order valence-electron chi connectivity index (χ0n) is 13.9. The van der Waals surface area contributed by atoms with Crippen LogP contribution in [-0.4, -0.2) is 24.0 Å². The summed E-state index contributed by atoms with van der Waals surface area (Å²) in [5.74, 6) is 0.198. The van der Waals surface area contributed by atoms with Crippen LogP contribution in [-0.2, 0) is 6.54 Å². The van der Waals surface area contributed by atoms with Crippen LogP contribution in [0.4, 0.5) is 0 Å². The number of ketones is 1. The van der Waals surface area contributed by atoms with Gasteiger partial charge in [-0.15, -0.1) is 0 Å². The van der Waals surface area contributed by atoms with Crippen LogP contribution >= 0.6 is 0 Å². The number of benzene rings is 2. The molecule has 0 bridgehead atoms. The van der Waals surface area contributed by atoms with Crippen molar-refractivity contribution in [2.24, 2.45) is 0 Å². The van der Waals surface area contributed by atoms with Gasteiger partial charge < -0.3 is 14.7 Å². The van der Waals surface area contributed by atoms with E-state index < -0.39 is 0 Å². The molecule has 26 heavy (non-hydrogen) atoms. The number of nitrogens with zero attached hydrogens (tertiary/aromatic N) is 2. The molecule has 6 nitrogen and oxygen atoms in total. The molecule has 6 heteroatoms. The summed E-state index contributed by atoms with van der Waals surface area (Å²) >= 11 is 0. The SMILES string of the molecule is N#CC[NH+](CC#N)Cc1c(O)ccc2c1O/C(=C\c1ccccc1)C2=O. The smallest absolute Gasteiger partial charge is 0.231 e. The average molecular weight is 346 g/mol. The number of quaternary nitrogens is 1. The van der Waals surface area contributed by atoms with Crippen molar-refractivity contribution in [2.45, 2.75) is 6.54 Å². The van der Waals surface area contributed by atoms with Crippen LogP contribution in [0.2, 0.25) is 0 Å². The average Bonchev–Trinajstić information content (AvgIpc) is 2.95. The third-order valence-corrected chi connectivity index (χ3v) is 4.10. The van der Waals surface area contributed by atoms with Gasteiger partial charge >= 0.3 is 0 Å². The Kier molecular flexibility index (Phi) is 4.98. The van der Waals surface area contributed by atoms with E-state index in [4.69, 9.17) is 15.3 Å². The van der Waals surface area contributed by atoms with Crippen molar-refractivity contribution >= 4 is 11.9 Å². The third-order valence-electron chi connectivity index (χ3n) is 4.10. The topological polar surface area (TPSA) is 98.6 Å². The molecule has 1 aliphatic heterocycles. The molecule has 0 amide bonds. The Morgan fingerprint density at radius 1 is 1.08 bits per heavy atom. The minimum Gasteiger partial charge on any atom is -0.507 e. The van der Waals surface area contributed by atoms with E-state index in [2.05, 4.69) is 0 Å². The van der Waals surface area contributed by atoms with E-state index in [1.54, 1.807) is 6.08 Å². The number of hydrogen-bond acceptors (Lipinski definition) is 5. The van der Waals surface area contributed by atoms with Crippen molar-refractivity contribution in [3.63, 3.8) is 0 Å². The summed E-state index contributed by atoms with van der Waals surface area (Å²) in [6.07, 6.45) is 1.65. The van der Waals surface area contributed by atoms with Crippen LogP contribution in [0, 0.1) is 22.7 Å². The fraction of sp³-hybridized carbons (Fsp3) is 0.150. The van der Waals surface area contributed by atoms with E-state index in [1.165, 1.54) is 12.1 Å². The second kappa shape index (κ2) is 7.52. The van der Waals surface area contributed by atoms with Crippen LogP contribution in [0.5, 0.6) is 11.5 Å². The molecule has 0 atom stereocenters. The molecule has 128 valence electrons. The molecule has 0 saturated carbocycles. The van der Waals surface area contributed by atoms with Gasteiger partial charge in [0, 0.05) is 0 Å². The van der Waals surface area contributed by atoms with Gasteiger partial charge in [-0.25, -0.2) is 0 Å². The molecule has 3 rings (SSSR count). The number of nitrogens with one attached hydrogen (secondary N) is 1. The molecule has 2 N–H and O–H groups in total. The maximum absolute atomic E-state index is 12.6. The molecule has 1 heterocycles. The lowest BCUT2D eigenvalue weighted by Gasteiger charge is -2.15. The number of fused-ring (bicyclic) bond motifs is 1. The molecule has 0 radical (unpaired) electrons. The number of phenols is 1. The Bertz CT molecular complexity index is 937. The largest absolute Gasteiger partial charge is 0.507 e. The highest BCUT2D eigenvalue weighted by Crippen LogP contribution is 2.39. The number of hydrogen-bond donors (Lipinski definition) is 2. The summed E-state index contributed by atoms with van der Waals surface area (Å²) in [7, 11) is 0. The lowest BCUT2D eigenvalue weighted by Crippen LogP contribution is -3.10. The quantitative estimate of drug-likeness (QED) is 0.630. The number of phenolic OH excluding ortho intramolecular Hbond substituents is 1.